The number of benzene rings is 2. The largest absolute Gasteiger partial charge is 0.326 e. The first-order valence-electron chi connectivity index (χ1n) is 7.81. The van der Waals surface area contributed by atoms with Crippen molar-refractivity contribution in [2.45, 2.75) is 6.42 Å². The summed E-state index contributed by atoms with van der Waals surface area (Å²) in [5.41, 5.74) is 1.45. The molecule has 1 aromatic heterocycles. The second-order valence-corrected chi connectivity index (χ2v) is 6.76. The molecule has 27 heavy (non-hydrogen) atoms. The zero-order valence-corrected chi connectivity index (χ0v) is 15.4. The molecule has 0 unspecified atom stereocenters. The van der Waals surface area contributed by atoms with Gasteiger partial charge in [-0.1, -0.05) is 17.7 Å². The number of halogens is 2. The molecule has 0 aliphatic carbocycles. The smallest absolute Gasteiger partial charge is 0.325 e. The summed E-state index contributed by atoms with van der Waals surface area (Å²) in [6, 6.07) is 11.8. The van der Waals surface area contributed by atoms with Crippen molar-refractivity contribution in [1.82, 2.24) is 4.98 Å². The van der Waals surface area contributed by atoms with E-state index in [1.54, 1.807) is 35.7 Å². The van der Waals surface area contributed by atoms with Crippen LogP contribution >= 0.6 is 22.9 Å². The molecule has 0 aliphatic heterocycles. The van der Waals surface area contributed by atoms with Crippen LogP contribution in [0, 0.1) is 5.82 Å². The molecule has 0 saturated heterocycles. The van der Waals surface area contributed by atoms with E-state index < -0.39 is 11.8 Å². The van der Waals surface area contributed by atoms with Crippen molar-refractivity contribution in [3.63, 3.8) is 0 Å². The zero-order valence-electron chi connectivity index (χ0n) is 13.8. The number of rotatable bonds is 5. The Labute approximate surface area is 163 Å². The van der Waals surface area contributed by atoms with E-state index in [0.29, 0.717) is 27.2 Å². The maximum atomic E-state index is 13.1. The fourth-order valence-corrected chi connectivity index (χ4v) is 3.01. The van der Waals surface area contributed by atoms with Gasteiger partial charge in [0.25, 0.3) is 0 Å². The molecule has 3 aromatic rings. The molecule has 6 nitrogen and oxygen atoms in total. The van der Waals surface area contributed by atoms with E-state index in [4.69, 9.17) is 11.6 Å². The molecule has 0 bridgehead atoms. The summed E-state index contributed by atoms with van der Waals surface area (Å²) in [5, 5.41) is 10.4. The third-order valence-corrected chi connectivity index (χ3v) is 4.38. The van der Waals surface area contributed by atoms with E-state index >= 15 is 0 Å². The van der Waals surface area contributed by atoms with Crippen LogP contribution in [0.15, 0.2) is 53.9 Å². The predicted octanol–water partition coefficient (Wildman–Crippen LogP) is 4.76. The van der Waals surface area contributed by atoms with Gasteiger partial charge in [0.2, 0.25) is 5.91 Å². The monoisotopic (exact) mass is 404 g/mol. The highest BCUT2D eigenvalue weighted by atomic mass is 35.5. The topological polar surface area (TPSA) is 83.1 Å². The van der Waals surface area contributed by atoms with Gasteiger partial charge in [0, 0.05) is 21.8 Å². The highest BCUT2D eigenvalue weighted by Gasteiger charge is 2.10. The molecule has 2 aromatic carbocycles. The molecule has 3 rings (SSSR count). The maximum absolute atomic E-state index is 13.1. The summed E-state index contributed by atoms with van der Waals surface area (Å²) in [6.07, 6.45) is 0.00744. The summed E-state index contributed by atoms with van der Waals surface area (Å²) in [6.45, 7) is 0. The average molecular weight is 405 g/mol. The first-order valence-corrected chi connectivity index (χ1v) is 9.07. The van der Waals surface area contributed by atoms with Crippen LogP contribution in [-0.4, -0.2) is 16.9 Å². The summed E-state index contributed by atoms with van der Waals surface area (Å²) in [7, 11) is 0. The second-order valence-electron chi connectivity index (χ2n) is 5.47. The number of thiazole rings is 1. The Morgan fingerprint density at radius 2 is 1.81 bits per heavy atom. The molecule has 0 radical (unpaired) electrons. The van der Waals surface area contributed by atoms with Gasteiger partial charge in [-0.2, -0.15) is 0 Å². The molecule has 0 saturated carbocycles. The number of urea groups is 1. The molecular formula is C18H14ClFN4O2S. The van der Waals surface area contributed by atoms with Crippen LogP contribution in [0.2, 0.25) is 5.02 Å². The molecule has 0 aliphatic rings. The van der Waals surface area contributed by atoms with Gasteiger partial charge < -0.3 is 10.6 Å². The minimum absolute atomic E-state index is 0.00744. The quantitative estimate of drug-likeness (QED) is 0.573. The summed E-state index contributed by atoms with van der Waals surface area (Å²) >= 11 is 6.99. The minimum atomic E-state index is -0.456. The van der Waals surface area contributed by atoms with Gasteiger partial charge >= 0.3 is 6.03 Å². The van der Waals surface area contributed by atoms with Crippen LogP contribution in [-0.2, 0) is 11.2 Å². The SMILES string of the molecule is O=C(Cc1csc(NC(=O)Nc2ccc(Cl)cc2)n1)Nc1cccc(F)c1. The highest BCUT2D eigenvalue weighted by Crippen LogP contribution is 2.18. The van der Waals surface area contributed by atoms with Crippen LogP contribution in [0.1, 0.15) is 5.69 Å². The fourth-order valence-electron chi connectivity index (χ4n) is 2.17. The average Bonchev–Trinajstić information content (AvgIpc) is 3.03. The Kier molecular flexibility index (Phi) is 6.00. The molecule has 3 amide bonds. The molecule has 0 spiro atoms. The molecule has 9 heteroatoms. The van der Waals surface area contributed by atoms with Crippen LogP contribution in [0.5, 0.6) is 0 Å². The number of aromatic nitrogens is 1. The second kappa shape index (κ2) is 8.61. The first-order chi connectivity index (χ1) is 13.0. The van der Waals surface area contributed by atoms with E-state index in [9.17, 15) is 14.0 Å². The third-order valence-electron chi connectivity index (χ3n) is 3.32. The van der Waals surface area contributed by atoms with Crippen molar-refractivity contribution in [2.24, 2.45) is 0 Å². The van der Waals surface area contributed by atoms with Gasteiger partial charge in [-0.25, -0.2) is 14.2 Å². The summed E-state index contributed by atoms with van der Waals surface area (Å²) < 4.78 is 13.1. The van der Waals surface area contributed by atoms with E-state index in [2.05, 4.69) is 20.9 Å². The van der Waals surface area contributed by atoms with E-state index in [0.717, 1.165) is 0 Å². The van der Waals surface area contributed by atoms with E-state index in [1.807, 2.05) is 0 Å². The lowest BCUT2D eigenvalue weighted by Crippen LogP contribution is -2.19. The van der Waals surface area contributed by atoms with Crippen molar-refractivity contribution in [3.05, 3.63) is 70.4 Å². The summed E-state index contributed by atoms with van der Waals surface area (Å²) in [4.78, 5) is 28.2. The van der Waals surface area contributed by atoms with Crippen LogP contribution in [0.3, 0.4) is 0 Å². The van der Waals surface area contributed by atoms with Crippen molar-refractivity contribution in [3.8, 4) is 0 Å². The van der Waals surface area contributed by atoms with Crippen molar-refractivity contribution in [1.29, 1.82) is 0 Å². The zero-order chi connectivity index (χ0) is 19.2. The number of nitrogens with one attached hydrogen (secondary N) is 3. The number of hydrogen-bond donors (Lipinski definition) is 3. The number of carbonyl (C=O) groups excluding carboxylic acids is 2. The standard InChI is InChI=1S/C18H14ClFN4O2S/c19-11-4-6-13(7-5-11)22-17(26)24-18-23-15(10-27-18)9-16(25)21-14-3-1-2-12(20)8-14/h1-8,10H,9H2,(H,21,25)(H2,22,23,24,26). The van der Waals surface area contributed by atoms with Gasteiger partial charge in [0.1, 0.15) is 5.82 Å². The van der Waals surface area contributed by atoms with Crippen LogP contribution in [0.4, 0.5) is 25.7 Å². The highest BCUT2D eigenvalue weighted by molar-refractivity contribution is 7.14. The van der Waals surface area contributed by atoms with Crippen molar-refractivity contribution in [2.75, 3.05) is 16.0 Å². The number of amides is 3. The van der Waals surface area contributed by atoms with E-state index in [-0.39, 0.29) is 12.3 Å². The normalized spacial score (nSPS) is 10.3. The molecule has 138 valence electrons. The molecule has 1 heterocycles. The number of nitrogens with zero attached hydrogens (tertiary/aromatic N) is 1. The lowest BCUT2D eigenvalue weighted by Gasteiger charge is -2.05. The van der Waals surface area contributed by atoms with E-state index in [1.165, 1.54) is 29.5 Å². The maximum Gasteiger partial charge on any atom is 0.325 e. The van der Waals surface area contributed by atoms with Gasteiger partial charge in [-0.15, -0.1) is 11.3 Å². The predicted molar refractivity (Wildman–Crippen MR) is 105 cm³/mol. The number of carbonyl (C=O) groups is 2. The summed E-state index contributed by atoms with van der Waals surface area (Å²) in [5.74, 6) is -0.761. The molecular weight excluding hydrogens is 391 g/mol. The van der Waals surface area contributed by atoms with Gasteiger partial charge in [-0.05, 0) is 42.5 Å². The lowest BCUT2D eigenvalue weighted by atomic mass is 10.3. The Bertz CT molecular complexity index is 962. The minimum Gasteiger partial charge on any atom is -0.326 e. The van der Waals surface area contributed by atoms with Crippen LogP contribution in [0.25, 0.3) is 0 Å². The Hall–Kier alpha value is -2.97. The molecule has 0 atom stereocenters. The Morgan fingerprint density at radius 1 is 1.04 bits per heavy atom. The molecule has 3 N–H and O–H groups in total. The lowest BCUT2D eigenvalue weighted by molar-refractivity contribution is -0.115. The van der Waals surface area contributed by atoms with Gasteiger partial charge in [-0.3, -0.25) is 10.1 Å². The van der Waals surface area contributed by atoms with Crippen molar-refractivity contribution < 1.29 is 14.0 Å². The molecule has 0 fully saturated rings. The third kappa shape index (κ3) is 5.77. The number of anilines is 3. The Balaban J connectivity index is 1.52. The van der Waals surface area contributed by atoms with Gasteiger partial charge in [0.05, 0.1) is 12.1 Å². The number of hydrogen-bond acceptors (Lipinski definition) is 4. The van der Waals surface area contributed by atoms with Gasteiger partial charge in [0.15, 0.2) is 5.13 Å². The van der Waals surface area contributed by atoms with Crippen molar-refractivity contribution >= 4 is 51.4 Å². The first kappa shape index (κ1) is 18.8. The Morgan fingerprint density at radius 3 is 2.56 bits per heavy atom. The fraction of sp³-hybridized carbons (Fsp3) is 0.0556. The van der Waals surface area contributed by atoms with Crippen LogP contribution < -0.4 is 16.0 Å².